The third-order valence-electron chi connectivity index (χ3n) is 5.95. The van der Waals surface area contributed by atoms with E-state index in [0.717, 1.165) is 41.6 Å². The van der Waals surface area contributed by atoms with E-state index >= 15 is 0 Å². The standard InChI is InChI=1S/C27H30N2O3S/c1-20-4-11-25(12-5-20)33-19-22-18-21(6-13-26(22)32-3)27(30)29-16-14-28(15-17-29)23-7-9-24(31-2)10-8-23/h4-13,18H,14-17,19H2,1-3H3. The number of methoxy groups -OCH3 is 2. The average molecular weight is 463 g/mol. The van der Waals surface area contributed by atoms with E-state index in [-0.39, 0.29) is 5.91 Å². The van der Waals surface area contributed by atoms with E-state index in [2.05, 4.69) is 48.2 Å². The van der Waals surface area contributed by atoms with Gasteiger partial charge < -0.3 is 19.3 Å². The molecule has 6 heteroatoms. The third kappa shape index (κ3) is 5.63. The summed E-state index contributed by atoms with van der Waals surface area (Å²) in [5, 5.41) is 0. The molecule has 0 spiro atoms. The van der Waals surface area contributed by atoms with Crippen molar-refractivity contribution in [3.05, 3.63) is 83.4 Å². The lowest BCUT2D eigenvalue weighted by Crippen LogP contribution is -2.48. The van der Waals surface area contributed by atoms with Crippen molar-refractivity contribution in [1.82, 2.24) is 4.90 Å². The number of amides is 1. The number of nitrogens with zero attached hydrogens (tertiary/aromatic N) is 2. The zero-order valence-corrected chi connectivity index (χ0v) is 20.2. The molecule has 1 saturated heterocycles. The molecule has 1 aliphatic rings. The van der Waals surface area contributed by atoms with Crippen LogP contribution in [0.5, 0.6) is 11.5 Å². The van der Waals surface area contributed by atoms with Gasteiger partial charge in [-0.05, 0) is 61.5 Å². The van der Waals surface area contributed by atoms with Crippen LogP contribution in [-0.4, -0.2) is 51.2 Å². The summed E-state index contributed by atoms with van der Waals surface area (Å²) in [7, 11) is 3.35. The first-order chi connectivity index (χ1) is 16.1. The zero-order chi connectivity index (χ0) is 23.2. The molecular weight excluding hydrogens is 432 g/mol. The average Bonchev–Trinajstić information content (AvgIpc) is 2.88. The molecule has 0 unspecified atom stereocenters. The lowest BCUT2D eigenvalue weighted by atomic mass is 10.1. The Balaban J connectivity index is 1.40. The highest BCUT2D eigenvalue weighted by molar-refractivity contribution is 7.98. The summed E-state index contributed by atoms with van der Waals surface area (Å²) in [6, 6.07) is 22.3. The van der Waals surface area contributed by atoms with Gasteiger partial charge >= 0.3 is 0 Å². The third-order valence-corrected chi connectivity index (χ3v) is 7.01. The van der Waals surface area contributed by atoms with Crippen LogP contribution in [0.3, 0.4) is 0 Å². The Morgan fingerprint density at radius 2 is 1.58 bits per heavy atom. The van der Waals surface area contributed by atoms with E-state index in [1.54, 1.807) is 26.0 Å². The zero-order valence-electron chi connectivity index (χ0n) is 19.4. The fourth-order valence-electron chi connectivity index (χ4n) is 3.96. The van der Waals surface area contributed by atoms with Crippen molar-refractivity contribution < 1.29 is 14.3 Å². The predicted molar refractivity (Wildman–Crippen MR) is 135 cm³/mol. The Labute approximate surface area is 200 Å². The number of hydrogen-bond donors (Lipinski definition) is 0. The molecule has 3 aromatic carbocycles. The molecule has 1 heterocycles. The maximum absolute atomic E-state index is 13.2. The van der Waals surface area contributed by atoms with E-state index in [9.17, 15) is 4.79 Å². The van der Waals surface area contributed by atoms with E-state index in [1.165, 1.54) is 10.5 Å². The van der Waals surface area contributed by atoms with Gasteiger partial charge in [0.25, 0.3) is 5.91 Å². The molecule has 1 aliphatic heterocycles. The summed E-state index contributed by atoms with van der Waals surface area (Å²) in [4.78, 5) is 18.7. The molecule has 5 nitrogen and oxygen atoms in total. The van der Waals surface area contributed by atoms with Gasteiger partial charge in [0, 0.05) is 53.6 Å². The number of carbonyl (C=O) groups excluding carboxylic acids is 1. The van der Waals surface area contributed by atoms with Crippen LogP contribution in [-0.2, 0) is 5.75 Å². The van der Waals surface area contributed by atoms with Gasteiger partial charge in [0.2, 0.25) is 0 Å². The molecule has 0 aromatic heterocycles. The Hall–Kier alpha value is -3.12. The Morgan fingerprint density at radius 1 is 0.879 bits per heavy atom. The highest BCUT2D eigenvalue weighted by atomic mass is 32.2. The summed E-state index contributed by atoms with van der Waals surface area (Å²) in [5.74, 6) is 2.49. The Kier molecular flexibility index (Phi) is 7.45. The number of rotatable bonds is 7. The lowest BCUT2D eigenvalue weighted by Gasteiger charge is -2.36. The minimum absolute atomic E-state index is 0.0774. The smallest absolute Gasteiger partial charge is 0.253 e. The molecule has 0 saturated carbocycles. The van der Waals surface area contributed by atoms with Crippen molar-refractivity contribution >= 4 is 23.4 Å². The highest BCUT2D eigenvalue weighted by Crippen LogP contribution is 2.30. The summed E-state index contributed by atoms with van der Waals surface area (Å²) in [6.45, 7) is 5.10. The highest BCUT2D eigenvalue weighted by Gasteiger charge is 2.23. The minimum atomic E-state index is 0.0774. The van der Waals surface area contributed by atoms with Gasteiger partial charge in [-0.2, -0.15) is 0 Å². The molecule has 33 heavy (non-hydrogen) atoms. The van der Waals surface area contributed by atoms with Crippen LogP contribution in [0.2, 0.25) is 0 Å². The molecule has 0 bridgehead atoms. The molecule has 4 rings (SSSR count). The van der Waals surface area contributed by atoms with Crippen LogP contribution in [0, 0.1) is 6.92 Å². The number of ether oxygens (including phenoxy) is 2. The van der Waals surface area contributed by atoms with Gasteiger partial charge in [-0.15, -0.1) is 11.8 Å². The SMILES string of the molecule is COc1ccc(N2CCN(C(=O)c3ccc(OC)c(CSc4ccc(C)cc4)c3)CC2)cc1. The molecule has 1 amide bonds. The molecule has 172 valence electrons. The van der Waals surface area contributed by atoms with Gasteiger partial charge in [-0.1, -0.05) is 17.7 Å². The second-order valence-corrected chi connectivity index (χ2v) is 9.15. The molecular formula is C27H30N2O3S. The number of piperazine rings is 1. The largest absolute Gasteiger partial charge is 0.497 e. The normalized spacial score (nSPS) is 13.7. The van der Waals surface area contributed by atoms with E-state index in [4.69, 9.17) is 9.47 Å². The lowest BCUT2D eigenvalue weighted by molar-refractivity contribution is 0.0746. The maximum Gasteiger partial charge on any atom is 0.253 e. The number of hydrogen-bond acceptors (Lipinski definition) is 5. The van der Waals surface area contributed by atoms with Crippen molar-refractivity contribution in [3.63, 3.8) is 0 Å². The molecule has 0 radical (unpaired) electrons. The Morgan fingerprint density at radius 3 is 2.21 bits per heavy atom. The van der Waals surface area contributed by atoms with Crippen molar-refractivity contribution in [2.45, 2.75) is 17.6 Å². The van der Waals surface area contributed by atoms with E-state index in [1.807, 2.05) is 35.2 Å². The summed E-state index contributed by atoms with van der Waals surface area (Å²) >= 11 is 1.75. The quantitative estimate of drug-likeness (QED) is 0.448. The summed E-state index contributed by atoms with van der Waals surface area (Å²) in [5.41, 5.74) is 4.15. The van der Waals surface area contributed by atoms with E-state index < -0.39 is 0 Å². The molecule has 0 aliphatic carbocycles. The Bertz CT molecular complexity index is 1080. The van der Waals surface area contributed by atoms with Crippen molar-refractivity contribution in [2.24, 2.45) is 0 Å². The van der Waals surface area contributed by atoms with Gasteiger partial charge in [-0.3, -0.25) is 4.79 Å². The second kappa shape index (κ2) is 10.7. The van der Waals surface area contributed by atoms with Crippen LogP contribution < -0.4 is 14.4 Å². The molecule has 0 N–H and O–H groups in total. The summed E-state index contributed by atoms with van der Waals surface area (Å²) < 4.78 is 10.8. The van der Waals surface area contributed by atoms with Crippen LogP contribution >= 0.6 is 11.8 Å². The molecule has 0 atom stereocenters. The number of anilines is 1. The van der Waals surface area contributed by atoms with E-state index in [0.29, 0.717) is 18.7 Å². The predicted octanol–water partition coefficient (Wildman–Crippen LogP) is 5.27. The molecule has 1 fully saturated rings. The fraction of sp³-hybridized carbons (Fsp3) is 0.296. The van der Waals surface area contributed by atoms with Gasteiger partial charge in [0.15, 0.2) is 0 Å². The van der Waals surface area contributed by atoms with Crippen LogP contribution in [0.1, 0.15) is 21.5 Å². The number of benzene rings is 3. The van der Waals surface area contributed by atoms with Crippen LogP contribution in [0.25, 0.3) is 0 Å². The molecule has 3 aromatic rings. The van der Waals surface area contributed by atoms with Crippen LogP contribution in [0.15, 0.2) is 71.6 Å². The number of thioether (sulfide) groups is 1. The number of aryl methyl sites for hydroxylation is 1. The van der Waals surface area contributed by atoms with Crippen molar-refractivity contribution in [2.75, 3.05) is 45.3 Å². The first kappa shape index (κ1) is 23.1. The summed E-state index contributed by atoms with van der Waals surface area (Å²) in [6.07, 6.45) is 0. The second-order valence-electron chi connectivity index (χ2n) is 8.11. The maximum atomic E-state index is 13.2. The van der Waals surface area contributed by atoms with Gasteiger partial charge in [0.1, 0.15) is 11.5 Å². The first-order valence-corrected chi connectivity index (χ1v) is 12.1. The van der Waals surface area contributed by atoms with Crippen LogP contribution in [0.4, 0.5) is 5.69 Å². The number of carbonyl (C=O) groups is 1. The topological polar surface area (TPSA) is 42.0 Å². The van der Waals surface area contributed by atoms with Gasteiger partial charge in [0.05, 0.1) is 14.2 Å². The minimum Gasteiger partial charge on any atom is -0.497 e. The van der Waals surface area contributed by atoms with Gasteiger partial charge in [-0.25, -0.2) is 0 Å². The van der Waals surface area contributed by atoms with Crippen molar-refractivity contribution in [1.29, 1.82) is 0 Å². The first-order valence-electron chi connectivity index (χ1n) is 11.1. The van der Waals surface area contributed by atoms with Crippen molar-refractivity contribution in [3.8, 4) is 11.5 Å². The fourth-order valence-corrected chi connectivity index (χ4v) is 4.84. The monoisotopic (exact) mass is 462 g/mol.